The summed E-state index contributed by atoms with van der Waals surface area (Å²) in [7, 11) is 0. The SMILES string of the molecule is CCCCCc1ncc2c(OC3CCOCC3)ncc(C3CCC(O)CC3)c2n1. The minimum absolute atomic E-state index is 0.138. The molecule has 158 valence electrons. The van der Waals surface area contributed by atoms with Crippen molar-refractivity contribution in [1.29, 1.82) is 0 Å². The number of aliphatic hydroxyl groups is 1. The van der Waals surface area contributed by atoms with E-state index < -0.39 is 0 Å². The quantitative estimate of drug-likeness (QED) is 0.698. The van der Waals surface area contributed by atoms with Crippen LogP contribution in [0, 0.1) is 0 Å². The number of pyridine rings is 1. The minimum atomic E-state index is -0.166. The topological polar surface area (TPSA) is 77.4 Å². The van der Waals surface area contributed by atoms with E-state index in [-0.39, 0.29) is 12.2 Å². The third-order valence-corrected chi connectivity index (χ3v) is 6.25. The number of hydrogen-bond acceptors (Lipinski definition) is 6. The number of ether oxygens (including phenoxy) is 2. The predicted molar refractivity (Wildman–Crippen MR) is 112 cm³/mol. The first kappa shape index (κ1) is 20.5. The molecule has 29 heavy (non-hydrogen) atoms. The molecule has 3 heterocycles. The fourth-order valence-electron chi connectivity index (χ4n) is 4.44. The van der Waals surface area contributed by atoms with Crippen LogP contribution in [0.4, 0.5) is 0 Å². The summed E-state index contributed by atoms with van der Waals surface area (Å²) in [5, 5.41) is 10.8. The van der Waals surface area contributed by atoms with E-state index in [0.29, 0.717) is 11.8 Å². The Balaban J connectivity index is 1.65. The van der Waals surface area contributed by atoms with E-state index >= 15 is 0 Å². The standard InChI is InChI=1S/C23H33N3O3/c1-2-3-4-5-21-24-15-20-22(26-21)19(16-6-8-17(27)9-7-16)14-25-23(20)29-18-10-12-28-13-11-18/h14-18,27H,2-13H2,1H3. The molecule has 1 N–H and O–H groups in total. The highest BCUT2D eigenvalue weighted by molar-refractivity contribution is 5.85. The molecule has 1 saturated carbocycles. The van der Waals surface area contributed by atoms with Gasteiger partial charge in [-0.1, -0.05) is 19.8 Å². The van der Waals surface area contributed by atoms with Gasteiger partial charge in [-0.3, -0.25) is 0 Å². The van der Waals surface area contributed by atoms with Gasteiger partial charge in [0.2, 0.25) is 5.88 Å². The van der Waals surface area contributed by atoms with Crippen LogP contribution in [0.15, 0.2) is 12.4 Å². The Morgan fingerprint density at radius 1 is 1.03 bits per heavy atom. The monoisotopic (exact) mass is 399 g/mol. The highest BCUT2D eigenvalue weighted by Gasteiger charge is 2.25. The Bertz CT molecular complexity index is 799. The van der Waals surface area contributed by atoms with Gasteiger partial charge in [0, 0.05) is 37.2 Å². The Labute approximate surface area is 173 Å². The van der Waals surface area contributed by atoms with E-state index in [0.717, 1.165) is 81.3 Å². The van der Waals surface area contributed by atoms with Gasteiger partial charge in [-0.25, -0.2) is 15.0 Å². The van der Waals surface area contributed by atoms with Gasteiger partial charge in [0.1, 0.15) is 11.9 Å². The Kier molecular flexibility index (Phi) is 6.93. The Morgan fingerprint density at radius 2 is 1.83 bits per heavy atom. The van der Waals surface area contributed by atoms with Crippen molar-refractivity contribution in [3.8, 4) is 5.88 Å². The fraction of sp³-hybridized carbons (Fsp3) is 0.696. The van der Waals surface area contributed by atoms with E-state index in [1.54, 1.807) is 0 Å². The number of aryl methyl sites for hydroxylation is 1. The molecule has 1 aliphatic carbocycles. The van der Waals surface area contributed by atoms with Gasteiger partial charge in [0.05, 0.1) is 30.2 Å². The maximum absolute atomic E-state index is 9.91. The van der Waals surface area contributed by atoms with Crippen LogP contribution in [-0.2, 0) is 11.2 Å². The third kappa shape index (κ3) is 5.04. The lowest BCUT2D eigenvalue weighted by atomic mass is 9.83. The van der Waals surface area contributed by atoms with Gasteiger partial charge in [0.25, 0.3) is 0 Å². The molecule has 6 nitrogen and oxygen atoms in total. The van der Waals surface area contributed by atoms with E-state index in [9.17, 15) is 5.11 Å². The predicted octanol–water partition coefficient (Wildman–Crippen LogP) is 4.33. The summed E-state index contributed by atoms with van der Waals surface area (Å²) >= 11 is 0. The van der Waals surface area contributed by atoms with Crippen LogP contribution < -0.4 is 4.74 Å². The van der Waals surface area contributed by atoms with Crippen molar-refractivity contribution < 1.29 is 14.6 Å². The van der Waals surface area contributed by atoms with Crippen LogP contribution in [0.1, 0.15) is 82.0 Å². The molecule has 0 radical (unpaired) electrons. The maximum Gasteiger partial charge on any atom is 0.224 e. The van der Waals surface area contributed by atoms with Crippen LogP contribution in [0.2, 0.25) is 0 Å². The summed E-state index contributed by atoms with van der Waals surface area (Å²) < 4.78 is 11.7. The van der Waals surface area contributed by atoms with Gasteiger partial charge in [-0.05, 0) is 38.0 Å². The second kappa shape index (κ2) is 9.81. The number of fused-ring (bicyclic) bond motifs is 1. The molecule has 2 aromatic rings. The molecule has 2 aromatic heterocycles. The lowest BCUT2D eigenvalue weighted by Crippen LogP contribution is -2.26. The van der Waals surface area contributed by atoms with Gasteiger partial charge in [0.15, 0.2) is 0 Å². The van der Waals surface area contributed by atoms with Crippen molar-refractivity contribution in [1.82, 2.24) is 15.0 Å². The molecule has 1 saturated heterocycles. The molecule has 0 amide bonds. The molecule has 1 aliphatic heterocycles. The highest BCUT2D eigenvalue weighted by Crippen LogP contribution is 2.37. The van der Waals surface area contributed by atoms with Crippen molar-refractivity contribution >= 4 is 10.9 Å². The summed E-state index contributed by atoms with van der Waals surface area (Å²) in [5.41, 5.74) is 2.18. The van der Waals surface area contributed by atoms with Gasteiger partial charge in [-0.2, -0.15) is 0 Å². The Hall–Kier alpha value is -1.79. The molecule has 2 aliphatic rings. The average Bonchev–Trinajstić information content (AvgIpc) is 2.75. The van der Waals surface area contributed by atoms with Crippen LogP contribution in [0.3, 0.4) is 0 Å². The number of aliphatic hydroxyl groups excluding tert-OH is 1. The zero-order valence-corrected chi connectivity index (χ0v) is 17.5. The summed E-state index contributed by atoms with van der Waals surface area (Å²) in [4.78, 5) is 14.3. The number of aromatic nitrogens is 3. The minimum Gasteiger partial charge on any atom is -0.474 e. The van der Waals surface area contributed by atoms with Crippen LogP contribution in [0.25, 0.3) is 10.9 Å². The maximum atomic E-state index is 9.91. The first-order chi connectivity index (χ1) is 14.2. The second-order valence-corrected chi connectivity index (χ2v) is 8.46. The molecule has 4 rings (SSSR count). The summed E-state index contributed by atoms with van der Waals surface area (Å²) in [5.74, 6) is 1.95. The first-order valence-electron chi connectivity index (χ1n) is 11.3. The molecule has 0 atom stereocenters. The normalized spacial score (nSPS) is 23.4. The largest absolute Gasteiger partial charge is 0.474 e. The summed E-state index contributed by atoms with van der Waals surface area (Å²) in [6, 6.07) is 0. The smallest absolute Gasteiger partial charge is 0.224 e. The molecule has 0 aromatic carbocycles. The van der Waals surface area contributed by atoms with E-state index in [1.807, 2.05) is 12.4 Å². The molecule has 0 unspecified atom stereocenters. The zero-order valence-electron chi connectivity index (χ0n) is 17.5. The third-order valence-electron chi connectivity index (χ3n) is 6.25. The number of hydrogen-bond donors (Lipinski definition) is 1. The Morgan fingerprint density at radius 3 is 2.59 bits per heavy atom. The zero-order chi connectivity index (χ0) is 20.1. The van der Waals surface area contributed by atoms with Crippen molar-refractivity contribution in [2.45, 2.75) is 89.3 Å². The van der Waals surface area contributed by atoms with Gasteiger partial charge < -0.3 is 14.6 Å². The lowest BCUT2D eigenvalue weighted by molar-refractivity contribution is 0.0244. The van der Waals surface area contributed by atoms with Crippen molar-refractivity contribution in [2.75, 3.05) is 13.2 Å². The van der Waals surface area contributed by atoms with Crippen LogP contribution in [-0.4, -0.2) is 45.5 Å². The molecule has 2 fully saturated rings. The van der Waals surface area contributed by atoms with Crippen LogP contribution >= 0.6 is 0 Å². The van der Waals surface area contributed by atoms with E-state index in [2.05, 4.69) is 11.9 Å². The first-order valence-corrected chi connectivity index (χ1v) is 11.3. The highest BCUT2D eigenvalue weighted by atomic mass is 16.5. The summed E-state index contributed by atoms with van der Waals surface area (Å²) in [6.07, 6.45) is 13.7. The van der Waals surface area contributed by atoms with Crippen molar-refractivity contribution in [3.05, 3.63) is 23.8 Å². The van der Waals surface area contributed by atoms with Gasteiger partial charge in [-0.15, -0.1) is 0 Å². The number of unbranched alkanes of at least 4 members (excludes halogenated alkanes) is 2. The average molecular weight is 400 g/mol. The fourth-order valence-corrected chi connectivity index (χ4v) is 4.44. The molecule has 0 bridgehead atoms. The van der Waals surface area contributed by atoms with Crippen molar-refractivity contribution in [3.63, 3.8) is 0 Å². The van der Waals surface area contributed by atoms with Crippen LogP contribution in [0.5, 0.6) is 5.88 Å². The molecule has 0 spiro atoms. The van der Waals surface area contributed by atoms with E-state index in [1.165, 1.54) is 18.4 Å². The summed E-state index contributed by atoms with van der Waals surface area (Å²) in [6.45, 7) is 3.69. The van der Waals surface area contributed by atoms with E-state index in [4.69, 9.17) is 19.4 Å². The lowest BCUT2D eigenvalue weighted by Gasteiger charge is -2.27. The molecular formula is C23H33N3O3. The molecule has 6 heteroatoms. The number of nitrogens with zero attached hydrogens (tertiary/aromatic N) is 3. The van der Waals surface area contributed by atoms with Crippen molar-refractivity contribution in [2.24, 2.45) is 0 Å². The second-order valence-electron chi connectivity index (χ2n) is 8.46. The molecular weight excluding hydrogens is 366 g/mol. The number of rotatable bonds is 7. The van der Waals surface area contributed by atoms with Gasteiger partial charge >= 0.3 is 0 Å².